The molecule has 0 radical (unpaired) electrons. The lowest BCUT2D eigenvalue weighted by molar-refractivity contribution is -0.123. The van der Waals surface area contributed by atoms with Crippen LogP contribution >= 0.6 is 0 Å². The molecule has 0 aliphatic heterocycles. The fraction of sp³-hybridized carbons (Fsp3) is 0.333. The first kappa shape index (κ1) is 17.6. The number of carbonyl (C=O) groups excluding carboxylic acids is 1. The van der Waals surface area contributed by atoms with Crippen molar-refractivity contribution in [3.63, 3.8) is 0 Å². The van der Waals surface area contributed by atoms with Gasteiger partial charge in [-0.05, 0) is 38.5 Å². The molecule has 0 aliphatic rings. The van der Waals surface area contributed by atoms with E-state index in [1.807, 2.05) is 43.3 Å². The molecule has 0 fully saturated rings. The number of hydrazone groups is 1. The third kappa shape index (κ3) is 4.87. The summed E-state index contributed by atoms with van der Waals surface area (Å²) in [5.74, 6) is 1.73. The van der Waals surface area contributed by atoms with Crippen LogP contribution in [0.25, 0.3) is 0 Å². The predicted molar refractivity (Wildman–Crippen MR) is 94.7 cm³/mol. The number of para-hydroxylation sites is 1. The van der Waals surface area contributed by atoms with E-state index in [2.05, 4.69) is 29.3 Å². The highest BCUT2D eigenvalue weighted by Gasteiger charge is 2.07. The van der Waals surface area contributed by atoms with Gasteiger partial charge in [0, 0.05) is 19.2 Å². The SMILES string of the molecule is CCN(CC)c1ccc(/C=N\NC(=O)COc2ccccc2C)o1. The summed E-state index contributed by atoms with van der Waals surface area (Å²) < 4.78 is 11.1. The van der Waals surface area contributed by atoms with Crippen LogP contribution in [0.3, 0.4) is 0 Å². The van der Waals surface area contributed by atoms with Crippen LogP contribution in [0.5, 0.6) is 5.75 Å². The van der Waals surface area contributed by atoms with E-state index in [1.165, 1.54) is 6.21 Å². The minimum atomic E-state index is -0.329. The molecule has 0 spiro atoms. The highest BCUT2D eigenvalue weighted by molar-refractivity contribution is 5.81. The van der Waals surface area contributed by atoms with Gasteiger partial charge in [0.2, 0.25) is 0 Å². The lowest BCUT2D eigenvalue weighted by Gasteiger charge is -2.16. The van der Waals surface area contributed by atoms with Crippen LogP contribution < -0.4 is 15.1 Å². The van der Waals surface area contributed by atoms with Gasteiger partial charge in [0.05, 0.1) is 6.21 Å². The molecule has 6 nitrogen and oxygen atoms in total. The van der Waals surface area contributed by atoms with Crippen molar-refractivity contribution < 1.29 is 13.9 Å². The molecule has 0 aliphatic carbocycles. The molecular weight excluding hydrogens is 306 g/mol. The number of carbonyl (C=O) groups is 1. The number of hydrogen-bond acceptors (Lipinski definition) is 5. The Kier molecular flexibility index (Phi) is 6.42. The lowest BCUT2D eigenvalue weighted by atomic mass is 10.2. The summed E-state index contributed by atoms with van der Waals surface area (Å²) in [5, 5.41) is 3.88. The van der Waals surface area contributed by atoms with Crippen molar-refractivity contribution in [3.8, 4) is 5.75 Å². The minimum absolute atomic E-state index is 0.0922. The molecule has 1 N–H and O–H groups in total. The van der Waals surface area contributed by atoms with Gasteiger partial charge in [-0.25, -0.2) is 5.43 Å². The molecule has 0 saturated carbocycles. The second kappa shape index (κ2) is 8.76. The predicted octanol–water partition coefficient (Wildman–Crippen LogP) is 2.96. The monoisotopic (exact) mass is 329 g/mol. The third-order valence-corrected chi connectivity index (χ3v) is 3.52. The molecule has 0 atom stereocenters. The molecule has 0 unspecified atom stereocenters. The molecule has 1 heterocycles. The van der Waals surface area contributed by atoms with Crippen LogP contribution in [-0.2, 0) is 4.79 Å². The van der Waals surface area contributed by atoms with Gasteiger partial charge in [0.15, 0.2) is 12.5 Å². The second-order valence-corrected chi connectivity index (χ2v) is 5.20. The molecule has 0 bridgehead atoms. The van der Waals surface area contributed by atoms with Gasteiger partial charge in [-0.1, -0.05) is 18.2 Å². The summed E-state index contributed by atoms with van der Waals surface area (Å²) in [4.78, 5) is 13.8. The van der Waals surface area contributed by atoms with Crippen LogP contribution in [0.15, 0.2) is 45.9 Å². The van der Waals surface area contributed by atoms with E-state index in [4.69, 9.17) is 9.15 Å². The summed E-state index contributed by atoms with van der Waals surface area (Å²) in [6.07, 6.45) is 1.47. The number of benzene rings is 1. The second-order valence-electron chi connectivity index (χ2n) is 5.20. The van der Waals surface area contributed by atoms with Crippen molar-refractivity contribution in [1.82, 2.24) is 5.43 Å². The molecule has 24 heavy (non-hydrogen) atoms. The quantitative estimate of drug-likeness (QED) is 0.597. The van der Waals surface area contributed by atoms with Crippen molar-refractivity contribution >= 4 is 18.0 Å². The van der Waals surface area contributed by atoms with Crippen molar-refractivity contribution in [2.24, 2.45) is 5.10 Å². The van der Waals surface area contributed by atoms with Crippen molar-refractivity contribution in [3.05, 3.63) is 47.7 Å². The lowest BCUT2D eigenvalue weighted by Crippen LogP contribution is -2.24. The van der Waals surface area contributed by atoms with E-state index >= 15 is 0 Å². The number of furan rings is 1. The van der Waals surface area contributed by atoms with Crippen LogP contribution in [-0.4, -0.2) is 31.8 Å². The maximum atomic E-state index is 11.7. The Hall–Kier alpha value is -2.76. The zero-order valence-electron chi connectivity index (χ0n) is 14.3. The number of nitrogens with one attached hydrogen (secondary N) is 1. The Balaban J connectivity index is 1.81. The normalized spacial score (nSPS) is 10.8. The van der Waals surface area contributed by atoms with Crippen LogP contribution in [0.4, 0.5) is 5.88 Å². The fourth-order valence-electron chi connectivity index (χ4n) is 2.18. The van der Waals surface area contributed by atoms with E-state index in [9.17, 15) is 4.79 Å². The van der Waals surface area contributed by atoms with Gasteiger partial charge in [-0.15, -0.1) is 0 Å². The number of aryl methyl sites for hydroxylation is 1. The number of anilines is 1. The van der Waals surface area contributed by atoms with Crippen molar-refractivity contribution in [2.75, 3.05) is 24.6 Å². The summed E-state index contributed by atoms with van der Waals surface area (Å²) in [5.41, 5.74) is 3.40. The first-order valence-corrected chi connectivity index (χ1v) is 7.99. The third-order valence-electron chi connectivity index (χ3n) is 3.52. The van der Waals surface area contributed by atoms with Crippen LogP contribution in [0.2, 0.25) is 0 Å². The van der Waals surface area contributed by atoms with Gasteiger partial charge in [0.1, 0.15) is 11.5 Å². The Morgan fingerprint density at radius 1 is 1.25 bits per heavy atom. The molecule has 2 aromatic rings. The van der Waals surface area contributed by atoms with Crippen molar-refractivity contribution in [2.45, 2.75) is 20.8 Å². The molecular formula is C18H23N3O3. The van der Waals surface area contributed by atoms with Gasteiger partial charge in [-0.2, -0.15) is 5.10 Å². The Morgan fingerprint density at radius 3 is 2.71 bits per heavy atom. The average Bonchev–Trinajstić information content (AvgIpc) is 3.04. The summed E-state index contributed by atoms with van der Waals surface area (Å²) in [7, 11) is 0. The highest BCUT2D eigenvalue weighted by Crippen LogP contribution is 2.17. The van der Waals surface area contributed by atoms with Gasteiger partial charge >= 0.3 is 0 Å². The Bertz CT molecular complexity index is 690. The number of amides is 1. The maximum absolute atomic E-state index is 11.7. The van der Waals surface area contributed by atoms with Crippen molar-refractivity contribution in [1.29, 1.82) is 0 Å². The molecule has 6 heteroatoms. The summed E-state index contributed by atoms with van der Waals surface area (Å²) in [6, 6.07) is 11.2. The molecule has 2 rings (SSSR count). The van der Waals surface area contributed by atoms with Crippen LogP contribution in [0, 0.1) is 6.92 Å². The molecule has 128 valence electrons. The molecule has 1 amide bonds. The van der Waals surface area contributed by atoms with Crippen LogP contribution in [0.1, 0.15) is 25.2 Å². The average molecular weight is 329 g/mol. The number of nitrogens with zero attached hydrogens (tertiary/aromatic N) is 2. The fourth-order valence-corrected chi connectivity index (χ4v) is 2.18. The van der Waals surface area contributed by atoms with Gasteiger partial charge < -0.3 is 14.1 Å². The maximum Gasteiger partial charge on any atom is 0.277 e. The summed E-state index contributed by atoms with van der Waals surface area (Å²) in [6.45, 7) is 7.70. The first-order chi connectivity index (χ1) is 11.6. The van der Waals surface area contributed by atoms with Gasteiger partial charge in [0.25, 0.3) is 5.91 Å². The van der Waals surface area contributed by atoms with E-state index in [1.54, 1.807) is 0 Å². The highest BCUT2D eigenvalue weighted by atomic mass is 16.5. The van der Waals surface area contributed by atoms with Gasteiger partial charge in [-0.3, -0.25) is 4.79 Å². The van der Waals surface area contributed by atoms with E-state index in [0.29, 0.717) is 11.5 Å². The first-order valence-electron chi connectivity index (χ1n) is 7.99. The Morgan fingerprint density at radius 2 is 2.00 bits per heavy atom. The standard InChI is InChI=1S/C18H23N3O3/c1-4-21(5-2)18-11-10-15(24-18)12-19-20-17(22)13-23-16-9-7-6-8-14(16)3/h6-12H,4-5,13H2,1-3H3,(H,20,22)/b19-12-. The number of ether oxygens (including phenoxy) is 1. The molecule has 1 aromatic carbocycles. The van der Waals surface area contributed by atoms with E-state index in [0.717, 1.165) is 24.5 Å². The number of rotatable bonds is 8. The zero-order valence-corrected chi connectivity index (χ0v) is 14.3. The Labute approximate surface area is 142 Å². The molecule has 0 saturated heterocycles. The summed E-state index contributed by atoms with van der Waals surface area (Å²) >= 11 is 0. The molecule has 1 aromatic heterocycles. The van der Waals surface area contributed by atoms with E-state index in [-0.39, 0.29) is 12.5 Å². The smallest absolute Gasteiger partial charge is 0.277 e. The minimum Gasteiger partial charge on any atom is -0.483 e. The van der Waals surface area contributed by atoms with E-state index < -0.39 is 0 Å². The zero-order chi connectivity index (χ0) is 17.4. The topological polar surface area (TPSA) is 67.1 Å². The largest absolute Gasteiger partial charge is 0.483 e. The number of hydrogen-bond donors (Lipinski definition) is 1.